The highest BCUT2D eigenvalue weighted by Crippen LogP contribution is 2.25. The lowest BCUT2D eigenvalue weighted by atomic mass is 10.0. The van der Waals surface area contributed by atoms with E-state index in [-0.39, 0.29) is 5.75 Å². The van der Waals surface area contributed by atoms with Crippen LogP contribution < -0.4 is 4.90 Å². The molecule has 0 bridgehead atoms. The Morgan fingerprint density at radius 1 is 1.19 bits per heavy atom. The number of aryl methyl sites for hydroxylation is 2. The van der Waals surface area contributed by atoms with Gasteiger partial charge < -0.3 is 4.90 Å². The molecule has 1 rings (SSSR count). The zero-order chi connectivity index (χ0) is 12.5. The molecular weight excluding hydrogens is 246 g/mol. The molecule has 1 aromatic rings. The molecule has 0 saturated heterocycles. The van der Waals surface area contributed by atoms with Crippen molar-refractivity contribution >= 4 is 25.4 Å². The molecule has 0 aromatic heterocycles. The minimum atomic E-state index is -3.52. The fraction of sp³-hybridized carbons (Fsp3) is 0.455. The third-order valence-corrected chi connectivity index (χ3v) is 3.49. The Hall–Kier alpha value is -0.740. The van der Waals surface area contributed by atoms with E-state index in [4.69, 9.17) is 10.7 Å². The third-order valence-electron chi connectivity index (χ3n) is 2.50. The predicted octanol–water partition coefficient (Wildman–Crippen LogP) is 2.44. The van der Waals surface area contributed by atoms with Gasteiger partial charge in [-0.15, -0.1) is 0 Å². The van der Waals surface area contributed by atoms with E-state index >= 15 is 0 Å². The van der Waals surface area contributed by atoms with Crippen LogP contribution in [0.25, 0.3) is 0 Å². The molecule has 0 fully saturated rings. The van der Waals surface area contributed by atoms with Crippen molar-refractivity contribution in [3.63, 3.8) is 0 Å². The summed E-state index contributed by atoms with van der Waals surface area (Å²) in [6.45, 7) is 3.96. The summed E-state index contributed by atoms with van der Waals surface area (Å²) in [5.41, 5.74) is 3.84. The van der Waals surface area contributed by atoms with E-state index in [1.165, 1.54) is 0 Å². The maximum Gasteiger partial charge on any atom is 0.236 e. The fourth-order valence-electron chi connectivity index (χ4n) is 1.58. The van der Waals surface area contributed by atoms with Crippen LogP contribution in [0.5, 0.6) is 0 Å². The van der Waals surface area contributed by atoms with Crippen LogP contribution in [-0.4, -0.2) is 22.5 Å². The van der Waals surface area contributed by atoms with Crippen molar-refractivity contribution in [2.24, 2.45) is 0 Å². The van der Waals surface area contributed by atoms with Crippen molar-refractivity contribution in [3.8, 4) is 0 Å². The van der Waals surface area contributed by atoms with Crippen molar-refractivity contribution in [3.05, 3.63) is 28.8 Å². The van der Waals surface area contributed by atoms with Gasteiger partial charge in [-0.3, -0.25) is 0 Å². The van der Waals surface area contributed by atoms with Gasteiger partial charge in [0, 0.05) is 30.5 Å². The molecule has 0 heterocycles. The molecular formula is C11H16ClNO2S. The summed E-state index contributed by atoms with van der Waals surface area (Å²) in [7, 11) is 5.54. The predicted molar refractivity (Wildman–Crippen MR) is 68.7 cm³/mol. The molecule has 0 radical (unpaired) electrons. The van der Waals surface area contributed by atoms with Crippen molar-refractivity contribution in [2.45, 2.75) is 19.6 Å². The average molecular weight is 262 g/mol. The Morgan fingerprint density at radius 3 is 2.12 bits per heavy atom. The van der Waals surface area contributed by atoms with Gasteiger partial charge in [-0.1, -0.05) is 6.07 Å². The Morgan fingerprint density at radius 2 is 1.69 bits per heavy atom. The van der Waals surface area contributed by atoms with Crippen LogP contribution in [0.15, 0.2) is 12.1 Å². The van der Waals surface area contributed by atoms with Crippen LogP contribution in [0, 0.1) is 13.8 Å². The molecule has 0 atom stereocenters. The second-order valence-electron chi connectivity index (χ2n) is 4.14. The van der Waals surface area contributed by atoms with Gasteiger partial charge in [0.2, 0.25) is 9.05 Å². The molecule has 0 spiro atoms. The molecule has 0 aliphatic heterocycles. The lowest BCUT2D eigenvalue weighted by molar-refractivity contribution is 0.609. The quantitative estimate of drug-likeness (QED) is 0.785. The molecule has 0 N–H and O–H groups in total. The topological polar surface area (TPSA) is 37.4 Å². The van der Waals surface area contributed by atoms with E-state index in [2.05, 4.69) is 0 Å². The highest BCUT2D eigenvalue weighted by molar-refractivity contribution is 8.13. The summed E-state index contributed by atoms with van der Waals surface area (Å²) in [4.78, 5) is 1.89. The van der Waals surface area contributed by atoms with Gasteiger partial charge in [0.15, 0.2) is 0 Å². The Balaban J connectivity index is 3.31. The SMILES string of the molecule is Cc1cc(CS(=O)(=O)Cl)c(N(C)C)cc1C. The maximum atomic E-state index is 11.1. The largest absolute Gasteiger partial charge is 0.377 e. The fourth-order valence-corrected chi connectivity index (χ4v) is 2.53. The molecule has 90 valence electrons. The van der Waals surface area contributed by atoms with E-state index in [1.54, 1.807) is 0 Å². The molecule has 5 heteroatoms. The van der Waals surface area contributed by atoms with Gasteiger partial charge in [-0.2, -0.15) is 0 Å². The first-order valence-corrected chi connectivity index (χ1v) is 7.38. The normalized spacial score (nSPS) is 11.6. The molecule has 0 saturated carbocycles. The standard InChI is InChI=1S/C11H16ClNO2S/c1-8-5-10(7-16(12,14)15)11(13(3)4)6-9(8)2/h5-6H,7H2,1-4H3. The first-order chi connectivity index (χ1) is 7.20. The summed E-state index contributed by atoms with van der Waals surface area (Å²) in [5.74, 6) is -0.136. The third kappa shape index (κ3) is 3.39. The van der Waals surface area contributed by atoms with Gasteiger partial charge in [0.05, 0.1) is 5.75 Å². The Kier molecular flexibility index (Phi) is 3.86. The second-order valence-corrected chi connectivity index (χ2v) is 6.92. The molecule has 0 amide bonds. The van der Waals surface area contributed by atoms with Crippen LogP contribution in [0.4, 0.5) is 5.69 Å². The number of rotatable bonds is 3. The average Bonchev–Trinajstić information content (AvgIpc) is 2.07. The number of anilines is 1. The van der Waals surface area contributed by atoms with Gasteiger partial charge in [-0.25, -0.2) is 8.42 Å². The summed E-state index contributed by atoms with van der Waals surface area (Å²) in [6, 6.07) is 3.86. The van der Waals surface area contributed by atoms with Crippen LogP contribution in [0.1, 0.15) is 16.7 Å². The van der Waals surface area contributed by atoms with Crippen molar-refractivity contribution < 1.29 is 8.42 Å². The minimum Gasteiger partial charge on any atom is -0.377 e. The zero-order valence-corrected chi connectivity index (χ0v) is 11.5. The summed E-state index contributed by atoms with van der Waals surface area (Å²) < 4.78 is 22.2. The van der Waals surface area contributed by atoms with Crippen LogP contribution in [0.2, 0.25) is 0 Å². The molecule has 0 aliphatic carbocycles. The highest BCUT2D eigenvalue weighted by Gasteiger charge is 2.13. The van der Waals surface area contributed by atoms with Gasteiger partial charge in [-0.05, 0) is 36.6 Å². The molecule has 16 heavy (non-hydrogen) atoms. The summed E-state index contributed by atoms with van der Waals surface area (Å²) in [6.07, 6.45) is 0. The monoisotopic (exact) mass is 261 g/mol. The van der Waals surface area contributed by atoms with Crippen LogP contribution >= 0.6 is 10.7 Å². The molecule has 0 unspecified atom stereocenters. The van der Waals surface area contributed by atoms with E-state index < -0.39 is 9.05 Å². The Labute approximate surface area is 101 Å². The van der Waals surface area contributed by atoms with Crippen LogP contribution in [0.3, 0.4) is 0 Å². The molecule has 3 nitrogen and oxygen atoms in total. The first kappa shape index (κ1) is 13.3. The number of hydrogen-bond acceptors (Lipinski definition) is 3. The van der Waals surface area contributed by atoms with Crippen LogP contribution in [-0.2, 0) is 14.8 Å². The first-order valence-electron chi connectivity index (χ1n) is 4.90. The number of hydrogen-bond donors (Lipinski definition) is 0. The van der Waals surface area contributed by atoms with E-state index in [0.717, 1.165) is 22.4 Å². The maximum absolute atomic E-state index is 11.1. The summed E-state index contributed by atoms with van der Waals surface area (Å²) >= 11 is 0. The Bertz CT molecular complexity index is 495. The molecule has 1 aromatic carbocycles. The summed E-state index contributed by atoms with van der Waals surface area (Å²) in [5, 5.41) is 0. The minimum absolute atomic E-state index is 0.136. The van der Waals surface area contributed by atoms with Gasteiger partial charge in [0.1, 0.15) is 0 Å². The van der Waals surface area contributed by atoms with Gasteiger partial charge >= 0.3 is 0 Å². The van der Waals surface area contributed by atoms with E-state index in [9.17, 15) is 8.42 Å². The van der Waals surface area contributed by atoms with Gasteiger partial charge in [0.25, 0.3) is 0 Å². The smallest absolute Gasteiger partial charge is 0.236 e. The number of nitrogens with zero attached hydrogens (tertiary/aromatic N) is 1. The van der Waals surface area contributed by atoms with E-state index in [1.807, 2.05) is 45.0 Å². The van der Waals surface area contributed by atoms with Crippen molar-refractivity contribution in [2.75, 3.05) is 19.0 Å². The second kappa shape index (κ2) is 4.63. The number of benzene rings is 1. The van der Waals surface area contributed by atoms with E-state index in [0.29, 0.717) is 0 Å². The lowest BCUT2D eigenvalue weighted by Gasteiger charge is -2.18. The lowest BCUT2D eigenvalue weighted by Crippen LogP contribution is -2.13. The number of halogens is 1. The highest BCUT2D eigenvalue weighted by atomic mass is 35.7. The molecule has 0 aliphatic rings. The zero-order valence-electron chi connectivity index (χ0n) is 9.91. The van der Waals surface area contributed by atoms with Crippen molar-refractivity contribution in [1.82, 2.24) is 0 Å². The van der Waals surface area contributed by atoms with Crippen molar-refractivity contribution in [1.29, 1.82) is 0 Å².